The zero-order valence-corrected chi connectivity index (χ0v) is 17.3. The van der Waals surface area contributed by atoms with Crippen LogP contribution in [-0.2, 0) is 4.79 Å². The Morgan fingerprint density at radius 3 is 2.46 bits per heavy atom. The third-order valence-corrected chi connectivity index (χ3v) is 4.38. The van der Waals surface area contributed by atoms with Crippen molar-refractivity contribution in [2.24, 2.45) is 5.92 Å². The minimum absolute atomic E-state index is 0.201. The molecule has 2 aromatic rings. The summed E-state index contributed by atoms with van der Waals surface area (Å²) in [5, 5.41) is 5.75. The lowest BCUT2D eigenvalue weighted by molar-refractivity contribution is -0.122. The minimum atomic E-state index is -0.646. The lowest BCUT2D eigenvalue weighted by atomic mass is 10.1. The highest BCUT2D eigenvalue weighted by Gasteiger charge is 2.21. The molecule has 0 radical (unpaired) electrons. The van der Waals surface area contributed by atoms with E-state index >= 15 is 0 Å². The maximum absolute atomic E-state index is 12.8. The maximum Gasteiger partial charge on any atom is 0.265 e. The molecule has 0 spiro atoms. The summed E-state index contributed by atoms with van der Waals surface area (Å²) >= 11 is 0. The number of carbonyl (C=O) groups is 2. The summed E-state index contributed by atoms with van der Waals surface area (Å²) in [7, 11) is 0. The van der Waals surface area contributed by atoms with Crippen molar-refractivity contribution in [1.82, 2.24) is 5.32 Å². The quantitative estimate of drug-likeness (QED) is 0.707. The molecular weight excluding hydrogens is 352 g/mol. The first-order chi connectivity index (χ1) is 13.3. The van der Waals surface area contributed by atoms with E-state index in [0.717, 1.165) is 11.1 Å². The van der Waals surface area contributed by atoms with E-state index in [1.165, 1.54) is 0 Å². The Hall–Kier alpha value is -2.82. The molecule has 0 saturated carbocycles. The van der Waals surface area contributed by atoms with Crippen LogP contribution in [0.25, 0.3) is 0 Å². The first-order valence-corrected chi connectivity index (χ1v) is 9.73. The molecule has 1 atom stereocenters. The Labute approximate surface area is 167 Å². The Morgan fingerprint density at radius 2 is 1.79 bits per heavy atom. The molecule has 0 saturated heterocycles. The number of amides is 2. The van der Waals surface area contributed by atoms with Gasteiger partial charge in [-0.1, -0.05) is 45.0 Å². The molecule has 0 aliphatic rings. The van der Waals surface area contributed by atoms with Crippen LogP contribution >= 0.6 is 0 Å². The molecular formula is C23H30N2O3. The lowest BCUT2D eigenvalue weighted by Crippen LogP contribution is -2.34. The van der Waals surface area contributed by atoms with E-state index in [1.54, 1.807) is 24.3 Å². The minimum Gasteiger partial charge on any atom is -0.480 e. The SMILES string of the molecule is CC[C@@H](Oc1cc(C)ccc1C)C(=O)Nc1ccccc1C(=O)NCC(C)C. The van der Waals surface area contributed by atoms with Crippen molar-refractivity contribution in [3.8, 4) is 5.75 Å². The number of anilines is 1. The summed E-state index contributed by atoms with van der Waals surface area (Å²) in [6.07, 6.45) is -0.131. The summed E-state index contributed by atoms with van der Waals surface area (Å²) in [6, 6.07) is 12.9. The highest BCUT2D eigenvalue weighted by molar-refractivity contribution is 6.04. The predicted octanol–water partition coefficient (Wildman–Crippen LogP) is 4.49. The first kappa shape index (κ1) is 21.5. The monoisotopic (exact) mass is 382 g/mol. The molecule has 2 rings (SSSR count). The molecule has 0 bridgehead atoms. The Bertz CT molecular complexity index is 830. The van der Waals surface area contributed by atoms with Gasteiger partial charge >= 0.3 is 0 Å². The van der Waals surface area contributed by atoms with Gasteiger partial charge in [-0.05, 0) is 55.5 Å². The summed E-state index contributed by atoms with van der Waals surface area (Å²) < 4.78 is 5.98. The molecule has 5 nitrogen and oxygen atoms in total. The van der Waals surface area contributed by atoms with Crippen LogP contribution in [0.2, 0.25) is 0 Å². The second kappa shape index (κ2) is 9.93. The van der Waals surface area contributed by atoms with Gasteiger partial charge in [-0.2, -0.15) is 0 Å². The first-order valence-electron chi connectivity index (χ1n) is 9.73. The van der Waals surface area contributed by atoms with Gasteiger partial charge in [0.25, 0.3) is 11.8 Å². The second-order valence-corrected chi connectivity index (χ2v) is 7.42. The summed E-state index contributed by atoms with van der Waals surface area (Å²) in [6.45, 7) is 10.5. The fourth-order valence-electron chi connectivity index (χ4n) is 2.71. The molecule has 0 aromatic heterocycles. The normalized spacial score (nSPS) is 11.8. The summed E-state index contributed by atoms with van der Waals surface area (Å²) in [5.74, 6) is 0.576. The van der Waals surface area contributed by atoms with Gasteiger partial charge in [-0.15, -0.1) is 0 Å². The Morgan fingerprint density at radius 1 is 1.07 bits per heavy atom. The highest BCUT2D eigenvalue weighted by atomic mass is 16.5. The third-order valence-electron chi connectivity index (χ3n) is 4.38. The van der Waals surface area contributed by atoms with Crippen LogP contribution in [0, 0.1) is 19.8 Å². The summed E-state index contributed by atoms with van der Waals surface area (Å²) in [4.78, 5) is 25.3. The number of carbonyl (C=O) groups excluding carboxylic acids is 2. The van der Waals surface area contributed by atoms with Crippen LogP contribution in [0.3, 0.4) is 0 Å². The highest BCUT2D eigenvalue weighted by Crippen LogP contribution is 2.22. The predicted molar refractivity (Wildman–Crippen MR) is 113 cm³/mol. The van der Waals surface area contributed by atoms with Crippen molar-refractivity contribution in [2.45, 2.75) is 47.1 Å². The molecule has 150 valence electrons. The van der Waals surface area contributed by atoms with E-state index in [2.05, 4.69) is 10.6 Å². The Balaban J connectivity index is 2.14. The number of ether oxygens (including phenoxy) is 1. The maximum atomic E-state index is 12.8. The van der Waals surface area contributed by atoms with Crippen LogP contribution in [0.4, 0.5) is 5.69 Å². The van der Waals surface area contributed by atoms with Crippen molar-refractivity contribution in [1.29, 1.82) is 0 Å². The number of aryl methyl sites for hydroxylation is 2. The van der Waals surface area contributed by atoms with Gasteiger partial charge in [0.2, 0.25) is 0 Å². The van der Waals surface area contributed by atoms with Crippen LogP contribution in [-0.4, -0.2) is 24.5 Å². The van der Waals surface area contributed by atoms with E-state index in [4.69, 9.17) is 4.74 Å². The van der Waals surface area contributed by atoms with Gasteiger partial charge in [0, 0.05) is 6.54 Å². The van der Waals surface area contributed by atoms with E-state index in [9.17, 15) is 9.59 Å². The third kappa shape index (κ3) is 5.84. The molecule has 0 heterocycles. The number of hydrogen-bond donors (Lipinski definition) is 2. The van der Waals surface area contributed by atoms with Gasteiger partial charge in [0.15, 0.2) is 6.10 Å². The van der Waals surface area contributed by atoms with E-state index in [1.807, 2.05) is 52.8 Å². The van der Waals surface area contributed by atoms with Crippen molar-refractivity contribution in [3.63, 3.8) is 0 Å². The van der Waals surface area contributed by atoms with Gasteiger partial charge in [0.05, 0.1) is 11.3 Å². The second-order valence-electron chi connectivity index (χ2n) is 7.42. The molecule has 0 aliphatic carbocycles. The standard InChI is InChI=1S/C23H30N2O3/c1-6-20(28-21-13-16(4)11-12-17(21)5)23(27)25-19-10-8-7-9-18(19)22(26)24-14-15(2)3/h7-13,15,20H,6,14H2,1-5H3,(H,24,26)(H,25,27)/t20-/m1/s1. The Kier molecular flexibility index (Phi) is 7.61. The van der Waals surface area contributed by atoms with Crippen LogP contribution in [0.15, 0.2) is 42.5 Å². The molecule has 2 N–H and O–H groups in total. The van der Waals surface area contributed by atoms with Crippen LogP contribution < -0.4 is 15.4 Å². The zero-order chi connectivity index (χ0) is 20.7. The number of benzene rings is 2. The van der Waals surface area contributed by atoms with Crippen molar-refractivity contribution >= 4 is 17.5 Å². The smallest absolute Gasteiger partial charge is 0.265 e. The molecule has 5 heteroatoms. The topological polar surface area (TPSA) is 67.4 Å². The molecule has 2 amide bonds. The molecule has 0 unspecified atom stereocenters. The average Bonchev–Trinajstić information content (AvgIpc) is 2.67. The van der Waals surface area contributed by atoms with E-state index in [-0.39, 0.29) is 11.8 Å². The van der Waals surface area contributed by atoms with Crippen LogP contribution in [0.1, 0.15) is 48.7 Å². The molecule has 2 aromatic carbocycles. The molecule has 0 fully saturated rings. The van der Waals surface area contributed by atoms with Gasteiger partial charge in [-0.25, -0.2) is 0 Å². The number of nitrogens with one attached hydrogen (secondary N) is 2. The van der Waals surface area contributed by atoms with E-state index in [0.29, 0.717) is 35.9 Å². The fraction of sp³-hybridized carbons (Fsp3) is 0.391. The lowest BCUT2D eigenvalue weighted by Gasteiger charge is -2.20. The molecule has 28 heavy (non-hydrogen) atoms. The fourth-order valence-corrected chi connectivity index (χ4v) is 2.71. The van der Waals surface area contributed by atoms with Gasteiger partial charge in [0.1, 0.15) is 5.75 Å². The van der Waals surface area contributed by atoms with Gasteiger partial charge < -0.3 is 15.4 Å². The van der Waals surface area contributed by atoms with E-state index < -0.39 is 6.10 Å². The number of rotatable bonds is 8. The van der Waals surface area contributed by atoms with Gasteiger partial charge in [-0.3, -0.25) is 9.59 Å². The molecule has 0 aliphatic heterocycles. The largest absolute Gasteiger partial charge is 0.480 e. The van der Waals surface area contributed by atoms with Crippen LogP contribution in [0.5, 0.6) is 5.75 Å². The summed E-state index contributed by atoms with van der Waals surface area (Å²) in [5.41, 5.74) is 2.98. The van der Waals surface area contributed by atoms with Crippen molar-refractivity contribution in [2.75, 3.05) is 11.9 Å². The number of para-hydroxylation sites is 1. The average molecular weight is 383 g/mol. The number of hydrogen-bond acceptors (Lipinski definition) is 3. The van der Waals surface area contributed by atoms with Crippen molar-refractivity contribution in [3.05, 3.63) is 59.2 Å². The van der Waals surface area contributed by atoms with Crippen molar-refractivity contribution < 1.29 is 14.3 Å². The zero-order valence-electron chi connectivity index (χ0n) is 17.3.